The summed E-state index contributed by atoms with van der Waals surface area (Å²) in [5.74, 6) is 0.376. The van der Waals surface area contributed by atoms with Crippen LogP contribution >= 0.6 is 0 Å². The first-order valence-corrected chi connectivity index (χ1v) is 6.10. The van der Waals surface area contributed by atoms with Gasteiger partial charge in [0.25, 0.3) is 0 Å². The van der Waals surface area contributed by atoms with Gasteiger partial charge in [-0.05, 0) is 41.5 Å². The number of rotatable bonds is 2. The van der Waals surface area contributed by atoms with Crippen molar-refractivity contribution in [1.82, 2.24) is 0 Å². The Hall–Kier alpha value is -1.31. The van der Waals surface area contributed by atoms with Crippen molar-refractivity contribution < 1.29 is 4.79 Å². The molecule has 2 heteroatoms. The summed E-state index contributed by atoms with van der Waals surface area (Å²) in [6, 6.07) is 5.57. The Morgan fingerprint density at radius 1 is 1.18 bits per heavy atom. The van der Waals surface area contributed by atoms with Gasteiger partial charge in [-0.2, -0.15) is 0 Å². The van der Waals surface area contributed by atoms with Gasteiger partial charge in [-0.25, -0.2) is 0 Å². The topological polar surface area (TPSA) is 43.1 Å². The lowest BCUT2D eigenvalue weighted by atomic mass is 9.99. The molecule has 1 aliphatic rings. The zero-order chi connectivity index (χ0) is 13.0. The Balaban J connectivity index is 2.31. The van der Waals surface area contributed by atoms with Crippen LogP contribution in [0, 0.1) is 23.7 Å². The van der Waals surface area contributed by atoms with Crippen molar-refractivity contribution in [3.63, 3.8) is 0 Å². The van der Waals surface area contributed by atoms with E-state index >= 15 is 0 Å². The quantitative estimate of drug-likeness (QED) is 0.626. The summed E-state index contributed by atoms with van der Waals surface area (Å²) in [6.45, 7) is 10.6. The van der Waals surface area contributed by atoms with Crippen LogP contribution in [0.15, 0.2) is 18.2 Å². The van der Waals surface area contributed by atoms with Gasteiger partial charge in [-0.15, -0.1) is 0 Å². The van der Waals surface area contributed by atoms with Gasteiger partial charge in [0, 0.05) is 17.2 Å². The van der Waals surface area contributed by atoms with Crippen molar-refractivity contribution in [3.8, 4) is 0 Å². The fraction of sp³-hybridized carbons (Fsp3) is 0.533. The van der Waals surface area contributed by atoms with Crippen molar-refractivity contribution in [2.75, 3.05) is 5.73 Å². The maximum Gasteiger partial charge on any atom is 0.167 e. The average molecular weight is 231 g/mol. The SMILES string of the molecule is Cc1cc(C(=O)C2C(C)(C)C2(C)C)ccc1N. The van der Waals surface area contributed by atoms with Crippen molar-refractivity contribution in [1.29, 1.82) is 0 Å². The second-order valence-electron chi connectivity index (χ2n) is 6.31. The molecule has 17 heavy (non-hydrogen) atoms. The van der Waals surface area contributed by atoms with Gasteiger partial charge in [-0.3, -0.25) is 4.79 Å². The van der Waals surface area contributed by atoms with Crippen molar-refractivity contribution in [3.05, 3.63) is 29.3 Å². The van der Waals surface area contributed by atoms with E-state index in [2.05, 4.69) is 27.7 Å². The molecule has 2 N–H and O–H groups in total. The number of ketones is 1. The molecular formula is C15H21NO. The lowest BCUT2D eigenvalue weighted by Gasteiger charge is -2.05. The summed E-state index contributed by atoms with van der Waals surface area (Å²) in [4.78, 5) is 12.5. The van der Waals surface area contributed by atoms with Gasteiger partial charge >= 0.3 is 0 Å². The Kier molecular flexibility index (Phi) is 2.39. The van der Waals surface area contributed by atoms with E-state index < -0.39 is 0 Å². The smallest absolute Gasteiger partial charge is 0.167 e. The summed E-state index contributed by atoms with van der Waals surface area (Å²) in [5.41, 5.74) is 8.49. The van der Waals surface area contributed by atoms with E-state index in [0.29, 0.717) is 0 Å². The zero-order valence-corrected chi connectivity index (χ0v) is 11.3. The number of nitrogens with two attached hydrogens (primary N) is 1. The molecule has 0 amide bonds. The van der Waals surface area contributed by atoms with Crippen LogP contribution in [0.3, 0.4) is 0 Å². The molecule has 1 fully saturated rings. The van der Waals surface area contributed by atoms with Crippen LogP contribution < -0.4 is 5.73 Å². The van der Waals surface area contributed by atoms with E-state index in [-0.39, 0.29) is 22.5 Å². The molecule has 0 saturated heterocycles. The number of carbonyl (C=O) groups excluding carboxylic acids is 1. The fourth-order valence-corrected chi connectivity index (χ4v) is 2.85. The highest BCUT2D eigenvalue weighted by atomic mass is 16.1. The van der Waals surface area contributed by atoms with E-state index in [0.717, 1.165) is 16.8 Å². The number of hydrogen-bond acceptors (Lipinski definition) is 2. The highest BCUT2D eigenvalue weighted by Crippen LogP contribution is 2.69. The van der Waals surface area contributed by atoms with Gasteiger partial charge in [0.15, 0.2) is 5.78 Å². The van der Waals surface area contributed by atoms with Gasteiger partial charge in [0.05, 0.1) is 0 Å². The van der Waals surface area contributed by atoms with Crippen LogP contribution in [0.4, 0.5) is 5.69 Å². The molecule has 0 atom stereocenters. The lowest BCUT2D eigenvalue weighted by Crippen LogP contribution is -2.08. The number of Topliss-reactive ketones (excluding diaryl/α,β-unsaturated/α-hetero) is 1. The molecule has 0 aliphatic heterocycles. The number of hydrogen-bond donors (Lipinski definition) is 1. The summed E-state index contributed by atoms with van der Waals surface area (Å²) in [6.07, 6.45) is 0. The Morgan fingerprint density at radius 2 is 1.71 bits per heavy atom. The number of carbonyl (C=O) groups is 1. The Bertz CT molecular complexity index is 472. The molecule has 2 rings (SSSR count). The van der Waals surface area contributed by atoms with Gasteiger partial charge in [-0.1, -0.05) is 27.7 Å². The predicted molar refractivity (Wildman–Crippen MR) is 71.0 cm³/mol. The molecule has 2 nitrogen and oxygen atoms in total. The number of nitrogen functional groups attached to an aromatic ring is 1. The molecule has 1 aromatic carbocycles. The van der Waals surface area contributed by atoms with Gasteiger partial charge in [0.1, 0.15) is 0 Å². The van der Waals surface area contributed by atoms with Crippen LogP contribution in [-0.2, 0) is 0 Å². The van der Waals surface area contributed by atoms with Crippen LogP contribution in [0.1, 0.15) is 43.6 Å². The number of benzene rings is 1. The van der Waals surface area contributed by atoms with Gasteiger partial charge < -0.3 is 5.73 Å². The predicted octanol–water partition coefficient (Wildman–Crippen LogP) is 3.44. The molecule has 0 spiro atoms. The molecule has 1 saturated carbocycles. The molecule has 92 valence electrons. The summed E-state index contributed by atoms with van der Waals surface area (Å²) < 4.78 is 0. The maximum absolute atomic E-state index is 12.5. The highest BCUT2D eigenvalue weighted by Gasteiger charge is 2.67. The normalized spacial score (nSPS) is 21.2. The summed E-state index contributed by atoms with van der Waals surface area (Å²) >= 11 is 0. The van der Waals surface area contributed by atoms with Crippen molar-refractivity contribution >= 4 is 11.5 Å². The molecule has 0 aromatic heterocycles. The first kappa shape index (κ1) is 12.2. The fourth-order valence-electron chi connectivity index (χ4n) is 2.85. The molecule has 1 aromatic rings. The van der Waals surface area contributed by atoms with Crippen molar-refractivity contribution in [2.24, 2.45) is 16.7 Å². The Labute approximate surface area is 103 Å². The van der Waals surface area contributed by atoms with Crippen LogP contribution in [0.2, 0.25) is 0 Å². The minimum Gasteiger partial charge on any atom is -0.399 e. The van der Waals surface area contributed by atoms with Crippen LogP contribution in [0.25, 0.3) is 0 Å². The van der Waals surface area contributed by atoms with E-state index in [1.165, 1.54) is 0 Å². The number of aryl methyl sites for hydroxylation is 1. The molecule has 0 heterocycles. The first-order valence-electron chi connectivity index (χ1n) is 6.10. The average Bonchev–Trinajstić information content (AvgIpc) is 2.61. The van der Waals surface area contributed by atoms with E-state index in [9.17, 15) is 4.79 Å². The number of anilines is 1. The highest BCUT2D eigenvalue weighted by molar-refractivity contribution is 6.01. The molecule has 0 radical (unpaired) electrons. The maximum atomic E-state index is 12.5. The summed E-state index contributed by atoms with van der Waals surface area (Å²) in [7, 11) is 0. The second kappa shape index (κ2) is 3.34. The lowest BCUT2D eigenvalue weighted by molar-refractivity contribution is 0.0945. The molecular weight excluding hydrogens is 210 g/mol. The molecule has 0 bridgehead atoms. The monoisotopic (exact) mass is 231 g/mol. The first-order chi connectivity index (χ1) is 7.69. The summed E-state index contributed by atoms with van der Waals surface area (Å²) in [5, 5.41) is 0. The minimum absolute atomic E-state index is 0.0966. The van der Waals surface area contributed by atoms with Gasteiger partial charge in [0.2, 0.25) is 0 Å². The third kappa shape index (κ3) is 1.58. The largest absolute Gasteiger partial charge is 0.399 e. The molecule has 1 aliphatic carbocycles. The van der Waals surface area contributed by atoms with E-state index in [1.807, 2.05) is 25.1 Å². The van der Waals surface area contributed by atoms with Crippen LogP contribution in [0.5, 0.6) is 0 Å². The molecule has 0 unspecified atom stereocenters. The Morgan fingerprint density at radius 3 is 2.12 bits per heavy atom. The van der Waals surface area contributed by atoms with E-state index in [1.54, 1.807) is 0 Å². The van der Waals surface area contributed by atoms with E-state index in [4.69, 9.17) is 5.73 Å². The van der Waals surface area contributed by atoms with Crippen molar-refractivity contribution in [2.45, 2.75) is 34.6 Å². The second-order valence-corrected chi connectivity index (χ2v) is 6.31. The minimum atomic E-state index is 0.0966. The van der Waals surface area contributed by atoms with Crippen LogP contribution in [-0.4, -0.2) is 5.78 Å². The third-order valence-corrected chi connectivity index (χ3v) is 4.84. The zero-order valence-electron chi connectivity index (χ0n) is 11.3. The standard InChI is InChI=1S/C15H21NO/c1-9-8-10(6-7-11(9)16)12(17)13-14(2,3)15(13,4)5/h6-8,13H,16H2,1-5H3. The third-order valence-electron chi connectivity index (χ3n) is 4.84.